The predicted molar refractivity (Wildman–Crippen MR) is 136 cm³/mol. The van der Waals surface area contributed by atoms with Crippen molar-refractivity contribution in [3.8, 4) is 0 Å². The van der Waals surface area contributed by atoms with E-state index < -0.39 is 23.6 Å². The second kappa shape index (κ2) is 11.6. The highest BCUT2D eigenvalue weighted by atomic mass is 32.1. The lowest BCUT2D eigenvalue weighted by molar-refractivity contribution is -0.137. The Bertz CT molecular complexity index is 1140. The van der Waals surface area contributed by atoms with E-state index in [0.717, 1.165) is 41.9 Å². The first-order valence-electron chi connectivity index (χ1n) is 11.3. The number of nitrogens with two attached hydrogens (primary N) is 1. The minimum Gasteiger partial charge on any atom is -0.398 e. The number of anilines is 2. The Morgan fingerprint density at radius 1 is 1.19 bits per heavy atom. The molecule has 8 nitrogen and oxygen atoms in total. The smallest absolute Gasteiger partial charge is 0.398 e. The van der Waals surface area contributed by atoms with Gasteiger partial charge in [-0.25, -0.2) is 0 Å². The van der Waals surface area contributed by atoms with Crippen LogP contribution in [0.25, 0.3) is 0 Å². The molecule has 194 valence electrons. The number of nitrogens with zero attached hydrogens (tertiary/aromatic N) is 1. The number of hydrogen-bond donors (Lipinski definition) is 5. The molecule has 3 rings (SSSR count). The Kier molecular flexibility index (Phi) is 8.75. The summed E-state index contributed by atoms with van der Waals surface area (Å²) < 4.78 is 38.8. The van der Waals surface area contributed by atoms with Gasteiger partial charge in [0.2, 0.25) is 5.91 Å². The zero-order valence-corrected chi connectivity index (χ0v) is 20.8. The fourth-order valence-corrected chi connectivity index (χ4v) is 4.01. The minimum atomic E-state index is -4.61. The minimum absolute atomic E-state index is 0.102. The van der Waals surface area contributed by atoms with Crippen LogP contribution in [0.1, 0.15) is 33.5 Å². The zero-order chi connectivity index (χ0) is 26.5. The first-order chi connectivity index (χ1) is 17.0. The Labute approximate surface area is 212 Å². The topological polar surface area (TPSA) is 112 Å². The number of aryl methyl sites for hydroxylation is 1. The van der Waals surface area contributed by atoms with E-state index in [9.17, 15) is 22.8 Å². The predicted octanol–water partition coefficient (Wildman–Crippen LogP) is 2.63. The van der Waals surface area contributed by atoms with E-state index in [0.29, 0.717) is 24.3 Å². The molecule has 6 N–H and O–H groups in total. The van der Waals surface area contributed by atoms with E-state index in [-0.39, 0.29) is 23.8 Å². The fraction of sp³-hybridized carbons (Fsp3) is 0.375. The monoisotopic (exact) mass is 522 g/mol. The van der Waals surface area contributed by atoms with Crippen LogP contribution >= 0.6 is 12.2 Å². The number of nitrogen functional groups attached to an aromatic ring is 1. The van der Waals surface area contributed by atoms with Gasteiger partial charge in [0.15, 0.2) is 5.11 Å². The van der Waals surface area contributed by atoms with Crippen molar-refractivity contribution in [1.82, 2.24) is 20.9 Å². The van der Waals surface area contributed by atoms with Crippen LogP contribution in [0.2, 0.25) is 0 Å². The number of alkyl halides is 3. The van der Waals surface area contributed by atoms with Crippen molar-refractivity contribution in [3.05, 3.63) is 58.7 Å². The van der Waals surface area contributed by atoms with Crippen LogP contribution < -0.4 is 27.0 Å². The van der Waals surface area contributed by atoms with Gasteiger partial charge in [0, 0.05) is 44.1 Å². The largest absolute Gasteiger partial charge is 0.416 e. The third-order valence-electron chi connectivity index (χ3n) is 5.86. The molecule has 1 atom stereocenters. The number of rotatable bonds is 7. The van der Waals surface area contributed by atoms with E-state index in [1.807, 2.05) is 25.1 Å². The van der Waals surface area contributed by atoms with Gasteiger partial charge >= 0.3 is 6.18 Å². The van der Waals surface area contributed by atoms with Gasteiger partial charge in [-0.2, -0.15) is 13.2 Å². The van der Waals surface area contributed by atoms with Crippen molar-refractivity contribution >= 4 is 40.5 Å². The summed E-state index contributed by atoms with van der Waals surface area (Å²) in [6, 6.07) is 8.50. The van der Waals surface area contributed by atoms with Crippen molar-refractivity contribution in [2.45, 2.75) is 32.1 Å². The van der Waals surface area contributed by atoms with Crippen LogP contribution in [0.3, 0.4) is 0 Å². The molecule has 0 saturated carbocycles. The Hall–Kier alpha value is -3.38. The summed E-state index contributed by atoms with van der Waals surface area (Å²) in [6.45, 7) is 3.73. The first kappa shape index (κ1) is 27.2. The van der Waals surface area contributed by atoms with Gasteiger partial charge < -0.3 is 27.0 Å². The summed E-state index contributed by atoms with van der Waals surface area (Å²) in [6.07, 6.45) is -3.87. The molecule has 0 unspecified atom stereocenters. The van der Waals surface area contributed by atoms with Crippen molar-refractivity contribution < 1.29 is 22.8 Å². The number of thiocarbonyl (C=S) groups is 1. The first-order valence-corrected chi connectivity index (χ1v) is 11.7. The molecule has 0 aromatic heterocycles. The molecule has 1 heterocycles. The maximum atomic E-state index is 12.9. The second-order valence-electron chi connectivity index (χ2n) is 8.62. The lowest BCUT2D eigenvalue weighted by Crippen LogP contribution is -2.43. The Balaban J connectivity index is 1.49. The van der Waals surface area contributed by atoms with Crippen molar-refractivity contribution in [3.63, 3.8) is 0 Å². The highest BCUT2D eigenvalue weighted by Crippen LogP contribution is 2.31. The molecule has 2 aromatic carbocycles. The molecule has 36 heavy (non-hydrogen) atoms. The number of benzene rings is 2. The highest BCUT2D eigenvalue weighted by Gasteiger charge is 2.31. The van der Waals surface area contributed by atoms with Gasteiger partial charge in [0.1, 0.15) is 0 Å². The van der Waals surface area contributed by atoms with Gasteiger partial charge in [-0.1, -0.05) is 12.1 Å². The van der Waals surface area contributed by atoms with Crippen LogP contribution in [0.15, 0.2) is 36.4 Å². The number of amides is 2. The summed E-state index contributed by atoms with van der Waals surface area (Å²) >= 11 is 5.18. The standard InChI is InChI=1S/C24H29F3N6O2S/c1-14-3-4-15(9-20(14)32-23(36)29-2)12-33-8-7-17(13-33)31-21(34)11-30-22(35)18-10-16(24(25,26)27)5-6-19(18)28/h3-6,9-10,17H,7-8,11-13,28H2,1-2H3,(H,30,35)(H,31,34)(H2,29,32,36)/t17-/m1/s1. The molecular formula is C24H29F3N6O2S. The number of nitrogens with one attached hydrogen (secondary N) is 4. The van der Waals surface area contributed by atoms with E-state index in [1.165, 1.54) is 0 Å². The molecule has 1 aliphatic heterocycles. The second-order valence-corrected chi connectivity index (χ2v) is 9.03. The number of carbonyl (C=O) groups excluding carboxylic acids is 2. The number of halogens is 3. The van der Waals surface area contributed by atoms with Gasteiger partial charge in [-0.3, -0.25) is 14.5 Å². The maximum absolute atomic E-state index is 12.9. The third-order valence-corrected chi connectivity index (χ3v) is 6.16. The van der Waals surface area contributed by atoms with Crippen molar-refractivity contribution in [2.24, 2.45) is 0 Å². The molecule has 2 aromatic rings. The molecule has 1 fully saturated rings. The Morgan fingerprint density at radius 3 is 2.64 bits per heavy atom. The molecule has 1 aliphatic rings. The molecule has 2 amide bonds. The zero-order valence-electron chi connectivity index (χ0n) is 20.0. The quantitative estimate of drug-likeness (QED) is 0.281. The summed E-state index contributed by atoms with van der Waals surface area (Å²) in [7, 11) is 1.75. The van der Waals surface area contributed by atoms with Crippen LogP contribution in [-0.2, 0) is 17.5 Å². The number of likely N-dealkylation sites (tertiary alicyclic amines) is 1. The highest BCUT2D eigenvalue weighted by molar-refractivity contribution is 7.80. The van der Waals surface area contributed by atoms with Crippen molar-refractivity contribution in [2.75, 3.05) is 37.7 Å². The van der Waals surface area contributed by atoms with E-state index in [4.69, 9.17) is 18.0 Å². The van der Waals surface area contributed by atoms with Gasteiger partial charge in [-0.15, -0.1) is 0 Å². The molecule has 0 spiro atoms. The lowest BCUT2D eigenvalue weighted by atomic mass is 10.1. The Morgan fingerprint density at radius 2 is 1.94 bits per heavy atom. The van der Waals surface area contributed by atoms with Crippen LogP contribution in [0, 0.1) is 6.92 Å². The van der Waals surface area contributed by atoms with Crippen LogP contribution in [0.4, 0.5) is 24.5 Å². The summed E-state index contributed by atoms with van der Waals surface area (Å²) in [4.78, 5) is 26.9. The van der Waals surface area contributed by atoms with E-state index in [1.54, 1.807) is 7.05 Å². The van der Waals surface area contributed by atoms with Crippen molar-refractivity contribution in [1.29, 1.82) is 0 Å². The molecule has 0 bridgehead atoms. The average Bonchev–Trinajstić information content (AvgIpc) is 3.25. The van der Waals surface area contributed by atoms with Gasteiger partial charge in [-0.05, 0) is 61.0 Å². The normalized spacial score (nSPS) is 15.9. The van der Waals surface area contributed by atoms with Gasteiger partial charge in [0.05, 0.1) is 17.7 Å². The van der Waals surface area contributed by atoms with E-state index >= 15 is 0 Å². The average molecular weight is 523 g/mol. The SMILES string of the molecule is CNC(=S)Nc1cc(CN2CC[C@@H](NC(=O)CNC(=O)c3cc(C(F)(F)F)ccc3N)C2)ccc1C. The summed E-state index contributed by atoms with van der Waals surface area (Å²) in [5, 5.41) is 11.8. The number of hydrogen-bond acceptors (Lipinski definition) is 5. The molecule has 0 aliphatic carbocycles. The maximum Gasteiger partial charge on any atom is 0.416 e. The number of carbonyl (C=O) groups is 2. The summed E-state index contributed by atoms with van der Waals surface area (Å²) in [5.74, 6) is -1.27. The fourth-order valence-electron chi connectivity index (χ4n) is 3.90. The molecular weight excluding hydrogens is 493 g/mol. The van der Waals surface area contributed by atoms with Crippen LogP contribution in [0.5, 0.6) is 0 Å². The summed E-state index contributed by atoms with van der Waals surface area (Å²) in [5.41, 5.74) is 7.32. The van der Waals surface area contributed by atoms with E-state index in [2.05, 4.69) is 26.2 Å². The molecule has 12 heteroatoms. The van der Waals surface area contributed by atoms with Gasteiger partial charge in [0.25, 0.3) is 5.91 Å². The third kappa shape index (κ3) is 7.31. The molecule has 1 saturated heterocycles. The van der Waals surface area contributed by atoms with Crippen LogP contribution in [-0.4, -0.2) is 54.6 Å². The lowest BCUT2D eigenvalue weighted by Gasteiger charge is -2.18. The molecule has 0 radical (unpaired) electrons.